The van der Waals surface area contributed by atoms with E-state index in [9.17, 15) is 4.79 Å². The van der Waals surface area contributed by atoms with E-state index < -0.39 is 0 Å². The van der Waals surface area contributed by atoms with E-state index in [2.05, 4.69) is 27.7 Å². The van der Waals surface area contributed by atoms with Crippen LogP contribution >= 0.6 is 22.6 Å². The van der Waals surface area contributed by atoms with Crippen molar-refractivity contribution >= 4 is 28.6 Å². The van der Waals surface area contributed by atoms with Crippen LogP contribution in [-0.2, 0) is 11.3 Å². The lowest BCUT2D eigenvalue weighted by molar-refractivity contribution is 0.0517. The number of nitrogens with zero attached hydrogens (tertiary/aromatic N) is 2. The number of hydrogen-bond acceptors (Lipinski definition) is 3. The zero-order valence-corrected chi connectivity index (χ0v) is 9.74. The molecule has 1 aromatic heterocycles. The minimum absolute atomic E-state index is 0.348. The lowest BCUT2D eigenvalue weighted by Crippen LogP contribution is -2.07. The molecule has 0 radical (unpaired) electrons. The molecule has 72 valence electrons. The van der Waals surface area contributed by atoms with Crippen molar-refractivity contribution in [2.24, 2.45) is 0 Å². The first-order chi connectivity index (χ1) is 6.19. The molecular weight excluding hydrogens is 283 g/mol. The Balaban J connectivity index is 2.87. The quantitative estimate of drug-likeness (QED) is 0.629. The van der Waals surface area contributed by atoms with E-state index in [-0.39, 0.29) is 5.97 Å². The van der Waals surface area contributed by atoms with Gasteiger partial charge in [0.05, 0.1) is 10.2 Å². The number of aryl methyl sites for hydroxylation is 1. The summed E-state index contributed by atoms with van der Waals surface area (Å²) in [7, 11) is 0. The standard InChI is InChI=1S/C8H11IN2O2/c1-3-11-5-6(9)7(10-11)8(12)13-4-2/h5H,3-4H2,1-2H3. The van der Waals surface area contributed by atoms with Gasteiger partial charge in [0.2, 0.25) is 0 Å². The highest BCUT2D eigenvalue weighted by Crippen LogP contribution is 2.11. The van der Waals surface area contributed by atoms with Crippen molar-refractivity contribution < 1.29 is 9.53 Å². The molecule has 13 heavy (non-hydrogen) atoms. The van der Waals surface area contributed by atoms with E-state index in [1.165, 1.54) is 0 Å². The smallest absolute Gasteiger partial charge is 0.359 e. The SMILES string of the molecule is CCOC(=O)c1nn(CC)cc1I. The predicted molar refractivity (Wildman–Crippen MR) is 56.6 cm³/mol. The first-order valence-corrected chi connectivity index (χ1v) is 5.17. The number of halogens is 1. The number of ether oxygens (including phenoxy) is 1. The fraction of sp³-hybridized carbons (Fsp3) is 0.500. The summed E-state index contributed by atoms with van der Waals surface area (Å²) < 4.78 is 7.39. The van der Waals surface area contributed by atoms with E-state index >= 15 is 0 Å². The summed E-state index contributed by atoms with van der Waals surface area (Å²) in [5.41, 5.74) is 0.407. The molecule has 0 saturated carbocycles. The molecule has 1 rings (SSSR count). The fourth-order valence-corrected chi connectivity index (χ4v) is 1.55. The highest BCUT2D eigenvalue weighted by Gasteiger charge is 2.15. The molecule has 0 bridgehead atoms. The van der Waals surface area contributed by atoms with Crippen LogP contribution in [0.25, 0.3) is 0 Å². The van der Waals surface area contributed by atoms with E-state index in [0.29, 0.717) is 12.3 Å². The first kappa shape index (κ1) is 10.5. The lowest BCUT2D eigenvalue weighted by atomic mass is 10.4. The first-order valence-electron chi connectivity index (χ1n) is 4.09. The molecule has 1 aromatic rings. The van der Waals surface area contributed by atoms with Gasteiger partial charge >= 0.3 is 5.97 Å². The zero-order valence-electron chi connectivity index (χ0n) is 7.58. The average Bonchev–Trinajstić information content (AvgIpc) is 2.47. The molecule has 0 aliphatic carbocycles. The van der Waals surface area contributed by atoms with Gasteiger partial charge in [0.15, 0.2) is 5.69 Å². The minimum atomic E-state index is -0.348. The van der Waals surface area contributed by atoms with Gasteiger partial charge in [-0.1, -0.05) is 0 Å². The topological polar surface area (TPSA) is 44.1 Å². The van der Waals surface area contributed by atoms with Crippen molar-refractivity contribution in [1.82, 2.24) is 9.78 Å². The number of esters is 1. The van der Waals surface area contributed by atoms with Gasteiger partial charge in [0.25, 0.3) is 0 Å². The predicted octanol–water partition coefficient (Wildman–Crippen LogP) is 1.68. The van der Waals surface area contributed by atoms with Crippen LogP contribution in [0.2, 0.25) is 0 Å². The maximum atomic E-state index is 11.3. The molecule has 0 saturated heterocycles. The molecule has 0 aliphatic rings. The van der Waals surface area contributed by atoms with Crippen LogP contribution in [0.15, 0.2) is 6.20 Å². The van der Waals surface area contributed by atoms with Gasteiger partial charge in [-0.2, -0.15) is 5.10 Å². The minimum Gasteiger partial charge on any atom is -0.461 e. The van der Waals surface area contributed by atoms with Crippen LogP contribution in [0.1, 0.15) is 24.3 Å². The van der Waals surface area contributed by atoms with Gasteiger partial charge in [-0.25, -0.2) is 4.79 Å². The van der Waals surface area contributed by atoms with Crippen LogP contribution < -0.4 is 0 Å². The molecule has 0 unspecified atom stereocenters. The Morgan fingerprint density at radius 2 is 2.38 bits per heavy atom. The summed E-state index contributed by atoms with van der Waals surface area (Å²) in [4.78, 5) is 11.3. The Bertz CT molecular complexity index is 309. The maximum absolute atomic E-state index is 11.3. The van der Waals surface area contributed by atoms with Crippen LogP contribution in [0.5, 0.6) is 0 Å². The number of hydrogen-bond donors (Lipinski definition) is 0. The molecule has 0 amide bonds. The molecule has 0 spiro atoms. The maximum Gasteiger partial charge on any atom is 0.359 e. The third-order valence-corrected chi connectivity index (χ3v) is 2.30. The Morgan fingerprint density at radius 3 is 2.85 bits per heavy atom. The Hall–Kier alpha value is -0.590. The van der Waals surface area contributed by atoms with Crippen molar-refractivity contribution in [2.75, 3.05) is 6.61 Å². The van der Waals surface area contributed by atoms with E-state index in [4.69, 9.17) is 4.74 Å². The van der Waals surface area contributed by atoms with Crippen molar-refractivity contribution in [3.63, 3.8) is 0 Å². The van der Waals surface area contributed by atoms with Crippen LogP contribution in [0, 0.1) is 3.57 Å². The van der Waals surface area contributed by atoms with Crippen LogP contribution in [-0.4, -0.2) is 22.4 Å². The number of carbonyl (C=O) groups is 1. The summed E-state index contributed by atoms with van der Waals surface area (Å²) in [6.07, 6.45) is 1.83. The Kier molecular flexibility index (Phi) is 3.71. The summed E-state index contributed by atoms with van der Waals surface area (Å²) in [5, 5.41) is 4.08. The zero-order chi connectivity index (χ0) is 9.84. The third kappa shape index (κ3) is 2.43. The molecular formula is C8H11IN2O2. The molecule has 0 N–H and O–H groups in total. The van der Waals surface area contributed by atoms with E-state index in [1.807, 2.05) is 13.1 Å². The number of carbonyl (C=O) groups excluding carboxylic acids is 1. The normalized spacial score (nSPS) is 10.1. The fourth-order valence-electron chi connectivity index (χ4n) is 0.897. The van der Waals surface area contributed by atoms with Crippen LogP contribution in [0.3, 0.4) is 0 Å². The largest absolute Gasteiger partial charge is 0.461 e. The Labute approximate surface area is 90.4 Å². The van der Waals surface area contributed by atoms with Gasteiger partial charge in [0.1, 0.15) is 0 Å². The third-order valence-electron chi connectivity index (χ3n) is 1.51. The molecule has 0 aromatic carbocycles. The molecule has 5 heteroatoms. The molecule has 0 aliphatic heterocycles. The highest BCUT2D eigenvalue weighted by atomic mass is 127. The molecule has 0 fully saturated rings. The second-order valence-corrected chi connectivity index (χ2v) is 3.56. The second-order valence-electron chi connectivity index (χ2n) is 2.40. The van der Waals surface area contributed by atoms with Crippen molar-refractivity contribution in [3.05, 3.63) is 15.5 Å². The van der Waals surface area contributed by atoms with E-state index in [0.717, 1.165) is 10.1 Å². The Morgan fingerprint density at radius 1 is 1.69 bits per heavy atom. The molecule has 0 atom stereocenters. The van der Waals surface area contributed by atoms with Gasteiger partial charge in [-0.05, 0) is 36.4 Å². The van der Waals surface area contributed by atoms with Gasteiger partial charge in [-0.15, -0.1) is 0 Å². The summed E-state index contributed by atoms with van der Waals surface area (Å²) in [5.74, 6) is -0.348. The summed E-state index contributed by atoms with van der Waals surface area (Å²) in [6.45, 7) is 4.89. The lowest BCUT2D eigenvalue weighted by Gasteiger charge is -1.97. The van der Waals surface area contributed by atoms with Crippen molar-refractivity contribution in [1.29, 1.82) is 0 Å². The van der Waals surface area contributed by atoms with Gasteiger partial charge in [0, 0.05) is 12.7 Å². The summed E-state index contributed by atoms with van der Waals surface area (Å²) in [6, 6.07) is 0. The molecule has 1 heterocycles. The monoisotopic (exact) mass is 294 g/mol. The highest BCUT2D eigenvalue weighted by molar-refractivity contribution is 14.1. The number of aromatic nitrogens is 2. The second kappa shape index (κ2) is 4.59. The number of rotatable bonds is 3. The van der Waals surface area contributed by atoms with Crippen molar-refractivity contribution in [3.8, 4) is 0 Å². The van der Waals surface area contributed by atoms with Gasteiger partial charge in [-0.3, -0.25) is 4.68 Å². The molecule has 4 nitrogen and oxygen atoms in total. The van der Waals surface area contributed by atoms with Gasteiger partial charge < -0.3 is 4.74 Å². The van der Waals surface area contributed by atoms with E-state index in [1.54, 1.807) is 11.6 Å². The van der Waals surface area contributed by atoms with Crippen LogP contribution in [0.4, 0.5) is 0 Å². The van der Waals surface area contributed by atoms with Crippen molar-refractivity contribution in [2.45, 2.75) is 20.4 Å². The average molecular weight is 294 g/mol. The summed E-state index contributed by atoms with van der Waals surface area (Å²) >= 11 is 2.08.